The highest BCUT2D eigenvalue weighted by Gasteiger charge is 2.14. The zero-order valence-electron chi connectivity index (χ0n) is 19.4. The molecule has 0 fully saturated rings. The summed E-state index contributed by atoms with van der Waals surface area (Å²) in [6.45, 7) is 1.86. The third-order valence-electron chi connectivity index (χ3n) is 6.09. The predicted octanol–water partition coefficient (Wildman–Crippen LogP) is 4.79. The number of para-hydroxylation sites is 1. The van der Waals surface area contributed by atoms with Crippen LogP contribution in [0.25, 0.3) is 33.8 Å². The van der Waals surface area contributed by atoms with Gasteiger partial charge in [-0.25, -0.2) is 0 Å². The minimum Gasteiger partial charge on any atom is -0.507 e. The summed E-state index contributed by atoms with van der Waals surface area (Å²) < 4.78 is 2.32. The highest BCUT2D eigenvalue weighted by Crippen LogP contribution is 2.28. The number of aromatic hydroxyl groups is 1. The van der Waals surface area contributed by atoms with E-state index in [4.69, 9.17) is 5.73 Å². The van der Waals surface area contributed by atoms with Crippen LogP contribution in [0.4, 0.5) is 0 Å². The Labute approximate surface area is 200 Å². The first-order chi connectivity index (χ1) is 16.7. The fraction of sp³-hybridized carbons (Fsp3) is 0.241. The van der Waals surface area contributed by atoms with E-state index in [0.717, 1.165) is 47.8 Å². The quantitative estimate of drug-likeness (QED) is 0.238. The smallest absolute Gasteiger partial charge is 0.220 e. The molecule has 0 aliphatic heterocycles. The van der Waals surface area contributed by atoms with Crippen LogP contribution in [0.2, 0.25) is 0 Å². The van der Waals surface area contributed by atoms with Crippen molar-refractivity contribution in [3.8, 4) is 5.75 Å². The van der Waals surface area contributed by atoms with Crippen LogP contribution >= 0.6 is 0 Å². The molecule has 1 heterocycles. The summed E-state index contributed by atoms with van der Waals surface area (Å²) in [5, 5.41) is 16.7. The molecule has 34 heavy (non-hydrogen) atoms. The van der Waals surface area contributed by atoms with Crippen molar-refractivity contribution >= 4 is 39.7 Å². The maximum atomic E-state index is 11.8. The Balaban J connectivity index is 1.55. The van der Waals surface area contributed by atoms with Gasteiger partial charge in [-0.1, -0.05) is 42.5 Å². The van der Waals surface area contributed by atoms with Gasteiger partial charge in [0.15, 0.2) is 0 Å². The SMILES string of the molecule is NCCNC(=O)CCCCC[n+]1c(/C=C/c2c(O)ccc3ccccc23)ccc2ccccc21. The number of hydrogen-bond donors (Lipinski definition) is 3. The normalized spacial score (nSPS) is 11.4. The molecular formula is C29H32N3O2+. The number of nitrogens with one attached hydrogen (secondary N) is 1. The van der Waals surface area contributed by atoms with E-state index < -0.39 is 0 Å². The van der Waals surface area contributed by atoms with Crippen molar-refractivity contribution in [3.05, 3.63) is 84.1 Å². The highest BCUT2D eigenvalue weighted by molar-refractivity contribution is 5.95. The van der Waals surface area contributed by atoms with Crippen molar-refractivity contribution in [2.45, 2.75) is 32.2 Å². The van der Waals surface area contributed by atoms with Crippen molar-refractivity contribution in [2.24, 2.45) is 5.73 Å². The van der Waals surface area contributed by atoms with Crippen molar-refractivity contribution < 1.29 is 14.5 Å². The second kappa shape index (κ2) is 11.4. The van der Waals surface area contributed by atoms with Gasteiger partial charge < -0.3 is 16.2 Å². The van der Waals surface area contributed by atoms with Gasteiger partial charge in [0.25, 0.3) is 0 Å². The van der Waals surface area contributed by atoms with Gasteiger partial charge in [0.2, 0.25) is 17.1 Å². The number of unbranched alkanes of at least 4 members (excludes halogenated alkanes) is 2. The highest BCUT2D eigenvalue weighted by atomic mass is 16.3. The van der Waals surface area contributed by atoms with Crippen LogP contribution in [0.3, 0.4) is 0 Å². The minimum atomic E-state index is 0.0711. The largest absolute Gasteiger partial charge is 0.507 e. The van der Waals surface area contributed by atoms with E-state index in [9.17, 15) is 9.90 Å². The molecule has 5 heteroatoms. The van der Waals surface area contributed by atoms with E-state index in [1.165, 1.54) is 10.9 Å². The number of nitrogens with two attached hydrogens (primary N) is 1. The number of aryl methyl sites for hydroxylation is 1. The van der Waals surface area contributed by atoms with Gasteiger partial charge in [-0.3, -0.25) is 4.79 Å². The van der Waals surface area contributed by atoms with E-state index in [-0.39, 0.29) is 11.7 Å². The van der Waals surface area contributed by atoms with Gasteiger partial charge in [0.1, 0.15) is 12.3 Å². The monoisotopic (exact) mass is 454 g/mol. The molecule has 0 unspecified atom stereocenters. The molecule has 1 aromatic heterocycles. The lowest BCUT2D eigenvalue weighted by Gasteiger charge is -2.07. The number of carbonyl (C=O) groups is 1. The lowest BCUT2D eigenvalue weighted by Crippen LogP contribution is -2.38. The number of nitrogens with zero attached hydrogens (tertiary/aromatic N) is 1. The third kappa shape index (κ3) is 5.61. The molecule has 3 aromatic carbocycles. The second-order valence-corrected chi connectivity index (χ2v) is 8.47. The molecule has 0 bridgehead atoms. The van der Waals surface area contributed by atoms with Gasteiger partial charge in [0.05, 0.1) is 0 Å². The number of hydrogen-bond acceptors (Lipinski definition) is 3. The summed E-state index contributed by atoms with van der Waals surface area (Å²) in [5.74, 6) is 0.344. The van der Waals surface area contributed by atoms with Crippen molar-refractivity contribution in [1.29, 1.82) is 0 Å². The number of phenolic OH excluding ortho intramolecular Hbond substituents is 1. The van der Waals surface area contributed by atoms with Crippen LogP contribution in [0.1, 0.15) is 36.9 Å². The summed E-state index contributed by atoms with van der Waals surface area (Å²) in [6.07, 6.45) is 7.42. The van der Waals surface area contributed by atoms with Gasteiger partial charge >= 0.3 is 0 Å². The Kier molecular flexibility index (Phi) is 7.89. The van der Waals surface area contributed by atoms with E-state index >= 15 is 0 Å². The van der Waals surface area contributed by atoms with Crippen molar-refractivity contribution in [2.75, 3.05) is 13.1 Å². The van der Waals surface area contributed by atoms with Gasteiger partial charge in [0, 0.05) is 55.1 Å². The predicted molar refractivity (Wildman–Crippen MR) is 139 cm³/mol. The number of aromatic nitrogens is 1. The number of phenols is 1. The molecule has 0 atom stereocenters. The molecule has 0 saturated heterocycles. The molecule has 4 aromatic rings. The zero-order chi connectivity index (χ0) is 23.8. The molecule has 1 amide bonds. The summed E-state index contributed by atoms with van der Waals surface area (Å²) in [4.78, 5) is 11.8. The van der Waals surface area contributed by atoms with Gasteiger partial charge in [-0.15, -0.1) is 0 Å². The first kappa shape index (κ1) is 23.5. The van der Waals surface area contributed by atoms with Gasteiger partial charge in [-0.05, 0) is 47.9 Å². The number of amides is 1. The first-order valence-corrected chi connectivity index (χ1v) is 11.9. The van der Waals surface area contributed by atoms with Crippen LogP contribution in [0.15, 0.2) is 72.8 Å². The first-order valence-electron chi connectivity index (χ1n) is 11.9. The lowest BCUT2D eigenvalue weighted by molar-refractivity contribution is -0.673. The second-order valence-electron chi connectivity index (χ2n) is 8.47. The molecule has 0 spiro atoms. The third-order valence-corrected chi connectivity index (χ3v) is 6.09. The van der Waals surface area contributed by atoms with E-state index in [0.29, 0.717) is 19.5 Å². The van der Waals surface area contributed by atoms with E-state index in [1.807, 2.05) is 30.3 Å². The minimum absolute atomic E-state index is 0.0711. The number of carbonyl (C=O) groups excluding carboxylic acids is 1. The Hall–Kier alpha value is -3.70. The molecule has 174 valence electrons. The molecule has 0 aliphatic rings. The van der Waals surface area contributed by atoms with Crippen LogP contribution in [0.5, 0.6) is 5.75 Å². The topological polar surface area (TPSA) is 79.2 Å². The maximum Gasteiger partial charge on any atom is 0.220 e. The molecule has 0 radical (unpaired) electrons. The fourth-order valence-corrected chi connectivity index (χ4v) is 4.33. The van der Waals surface area contributed by atoms with E-state index in [1.54, 1.807) is 6.07 Å². The lowest BCUT2D eigenvalue weighted by atomic mass is 10.0. The zero-order valence-corrected chi connectivity index (χ0v) is 19.4. The molecule has 0 aliphatic carbocycles. The van der Waals surface area contributed by atoms with E-state index in [2.05, 4.69) is 58.4 Å². The van der Waals surface area contributed by atoms with Crippen LogP contribution in [-0.2, 0) is 11.3 Å². The summed E-state index contributed by atoms with van der Waals surface area (Å²) in [5.41, 5.74) is 8.51. The average Bonchev–Trinajstić information content (AvgIpc) is 2.87. The van der Waals surface area contributed by atoms with Crippen LogP contribution in [-0.4, -0.2) is 24.1 Å². The fourth-order valence-electron chi connectivity index (χ4n) is 4.33. The maximum absolute atomic E-state index is 11.8. The standard InChI is InChI=1S/C29H31N3O2/c30-19-20-31-29(34)12-2-1-7-21-32-24(15-13-23-9-4-6-11-27(23)32)16-17-26-25-10-5-3-8-22(25)14-18-28(26)33/h3-6,8-11,13-18H,1-2,7,12,19-21,30H2,(H,31,34)/p+1. The molecule has 4 rings (SSSR count). The Morgan fingerprint density at radius 2 is 1.65 bits per heavy atom. The Morgan fingerprint density at radius 3 is 2.50 bits per heavy atom. The Morgan fingerprint density at radius 1 is 0.882 bits per heavy atom. The number of fused-ring (bicyclic) bond motifs is 2. The summed E-state index contributed by atoms with van der Waals surface area (Å²) in [6, 6.07) is 24.4. The Bertz CT molecular complexity index is 1310. The molecule has 5 nitrogen and oxygen atoms in total. The van der Waals surface area contributed by atoms with Crippen molar-refractivity contribution in [1.82, 2.24) is 5.32 Å². The average molecular weight is 455 g/mol. The van der Waals surface area contributed by atoms with Crippen LogP contribution < -0.4 is 15.6 Å². The summed E-state index contributed by atoms with van der Waals surface area (Å²) >= 11 is 0. The molecular weight excluding hydrogens is 422 g/mol. The van der Waals surface area contributed by atoms with Gasteiger partial charge in [-0.2, -0.15) is 4.57 Å². The van der Waals surface area contributed by atoms with Crippen LogP contribution in [0, 0.1) is 0 Å². The number of benzene rings is 3. The molecule has 4 N–H and O–H groups in total. The number of rotatable bonds is 10. The number of pyridine rings is 1. The molecule has 0 saturated carbocycles. The van der Waals surface area contributed by atoms with Crippen molar-refractivity contribution in [3.63, 3.8) is 0 Å². The summed E-state index contributed by atoms with van der Waals surface area (Å²) in [7, 11) is 0.